The van der Waals surface area contributed by atoms with Gasteiger partial charge in [0.15, 0.2) is 0 Å². The standard InChI is InChI=1S/C11H16BrN/c1-13(10-8-12)9-7-11-5-3-2-4-6-11/h2-6H,7-10H2,1H3. The molecule has 0 bridgehead atoms. The van der Waals surface area contributed by atoms with Crippen LogP contribution in [-0.2, 0) is 6.42 Å². The first-order chi connectivity index (χ1) is 6.33. The fraction of sp³-hybridized carbons (Fsp3) is 0.455. The Hall–Kier alpha value is -0.340. The summed E-state index contributed by atoms with van der Waals surface area (Å²) in [5.41, 5.74) is 1.42. The van der Waals surface area contributed by atoms with Gasteiger partial charge in [0.2, 0.25) is 0 Å². The maximum atomic E-state index is 3.43. The average Bonchev–Trinajstić information content (AvgIpc) is 2.17. The summed E-state index contributed by atoms with van der Waals surface area (Å²) in [4.78, 5) is 2.34. The second-order valence-electron chi connectivity index (χ2n) is 3.23. The molecule has 0 aliphatic rings. The van der Waals surface area contributed by atoms with Crippen LogP contribution in [0.4, 0.5) is 0 Å². The van der Waals surface area contributed by atoms with Crippen molar-refractivity contribution in [1.82, 2.24) is 4.90 Å². The summed E-state index contributed by atoms with van der Waals surface area (Å²) in [6.07, 6.45) is 1.14. The van der Waals surface area contributed by atoms with Crippen LogP contribution in [-0.4, -0.2) is 30.4 Å². The third-order valence-corrected chi connectivity index (χ3v) is 2.45. The first kappa shape index (κ1) is 10.7. The van der Waals surface area contributed by atoms with Gasteiger partial charge in [0.1, 0.15) is 0 Å². The summed E-state index contributed by atoms with van der Waals surface area (Å²) in [6.45, 7) is 2.25. The lowest BCUT2D eigenvalue weighted by Gasteiger charge is -2.14. The molecular weight excluding hydrogens is 226 g/mol. The number of alkyl halides is 1. The number of hydrogen-bond acceptors (Lipinski definition) is 1. The molecule has 1 aromatic carbocycles. The maximum absolute atomic E-state index is 3.43. The van der Waals surface area contributed by atoms with Gasteiger partial charge in [-0.15, -0.1) is 0 Å². The van der Waals surface area contributed by atoms with Crippen molar-refractivity contribution in [3.8, 4) is 0 Å². The topological polar surface area (TPSA) is 3.24 Å². The van der Waals surface area contributed by atoms with Crippen molar-refractivity contribution in [3.63, 3.8) is 0 Å². The maximum Gasteiger partial charge on any atom is 0.0159 e. The summed E-state index contributed by atoms with van der Waals surface area (Å²) in [6, 6.07) is 10.6. The molecule has 0 aliphatic carbocycles. The van der Waals surface area contributed by atoms with Crippen molar-refractivity contribution in [2.75, 3.05) is 25.5 Å². The fourth-order valence-electron chi connectivity index (χ4n) is 1.22. The molecule has 1 aromatic rings. The van der Waals surface area contributed by atoms with Crippen LogP contribution in [0.15, 0.2) is 30.3 Å². The van der Waals surface area contributed by atoms with E-state index in [1.165, 1.54) is 5.56 Å². The second kappa shape index (κ2) is 6.17. The Labute approximate surface area is 88.9 Å². The largest absolute Gasteiger partial charge is 0.305 e. The monoisotopic (exact) mass is 241 g/mol. The molecule has 0 unspecified atom stereocenters. The highest BCUT2D eigenvalue weighted by molar-refractivity contribution is 9.09. The number of rotatable bonds is 5. The molecule has 0 N–H and O–H groups in total. The minimum atomic E-state index is 1.05. The van der Waals surface area contributed by atoms with E-state index in [1.54, 1.807) is 0 Å². The van der Waals surface area contributed by atoms with E-state index in [0.717, 1.165) is 24.8 Å². The highest BCUT2D eigenvalue weighted by Gasteiger charge is 1.97. The van der Waals surface area contributed by atoms with Gasteiger partial charge in [0.05, 0.1) is 0 Å². The Balaban J connectivity index is 2.27. The van der Waals surface area contributed by atoms with Crippen molar-refractivity contribution in [1.29, 1.82) is 0 Å². The third kappa shape index (κ3) is 4.44. The SMILES string of the molecule is CN(CCBr)CCc1ccccc1. The Bertz CT molecular complexity index is 223. The highest BCUT2D eigenvalue weighted by Crippen LogP contribution is 2.00. The molecule has 0 amide bonds. The van der Waals surface area contributed by atoms with Crippen LogP contribution in [0.2, 0.25) is 0 Å². The van der Waals surface area contributed by atoms with Gasteiger partial charge in [-0.05, 0) is 19.0 Å². The van der Waals surface area contributed by atoms with Crippen LogP contribution < -0.4 is 0 Å². The first-order valence-corrected chi connectivity index (χ1v) is 5.73. The third-order valence-electron chi connectivity index (χ3n) is 2.09. The van der Waals surface area contributed by atoms with Crippen molar-refractivity contribution >= 4 is 15.9 Å². The molecular formula is C11H16BrN. The summed E-state index contributed by atoms with van der Waals surface area (Å²) in [5, 5.41) is 1.05. The number of nitrogens with zero attached hydrogens (tertiary/aromatic N) is 1. The number of hydrogen-bond donors (Lipinski definition) is 0. The molecule has 0 atom stereocenters. The molecule has 0 heterocycles. The molecule has 2 heteroatoms. The molecule has 0 aliphatic heterocycles. The summed E-state index contributed by atoms with van der Waals surface area (Å²) in [5.74, 6) is 0. The Kier molecular flexibility index (Phi) is 5.09. The lowest BCUT2D eigenvalue weighted by molar-refractivity contribution is 0.361. The van der Waals surface area contributed by atoms with Crippen molar-refractivity contribution < 1.29 is 0 Å². The van der Waals surface area contributed by atoms with Crippen LogP contribution in [0.3, 0.4) is 0 Å². The van der Waals surface area contributed by atoms with E-state index in [9.17, 15) is 0 Å². The number of halogens is 1. The van der Waals surface area contributed by atoms with Crippen LogP contribution in [0, 0.1) is 0 Å². The van der Waals surface area contributed by atoms with Crippen LogP contribution in [0.25, 0.3) is 0 Å². The fourth-order valence-corrected chi connectivity index (χ4v) is 1.83. The molecule has 0 saturated carbocycles. The van der Waals surface area contributed by atoms with Crippen LogP contribution in [0.5, 0.6) is 0 Å². The highest BCUT2D eigenvalue weighted by atomic mass is 79.9. The molecule has 0 fully saturated rings. The van der Waals surface area contributed by atoms with Gasteiger partial charge in [-0.25, -0.2) is 0 Å². The van der Waals surface area contributed by atoms with Crippen molar-refractivity contribution in [2.24, 2.45) is 0 Å². The van der Waals surface area contributed by atoms with Crippen LogP contribution >= 0.6 is 15.9 Å². The van der Waals surface area contributed by atoms with Gasteiger partial charge in [0.25, 0.3) is 0 Å². The molecule has 0 aromatic heterocycles. The van der Waals surface area contributed by atoms with E-state index in [0.29, 0.717) is 0 Å². The normalized spacial score (nSPS) is 10.7. The smallest absolute Gasteiger partial charge is 0.0159 e. The van der Waals surface area contributed by atoms with Crippen molar-refractivity contribution in [3.05, 3.63) is 35.9 Å². The quantitative estimate of drug-likeness (QED) is 0.717. The summed E-state index contributed by atoms with van der Waals surface area (Å²) >= 11 is 3.43. The molecule has 0 spiro atoms. The Morgan fingerprint density at radius 2 is 1.85 bits per heavy atom. The van der Waals surface area contributed by atoms with Gasteiger partial charge < -0.3 is 4.90 Å². The van der Waals surface area contributed by atoms with Gasteiger partial charge in [-0.3, -0.25) is 0 Å². The lowest BCUT2D eigenvalue weighted by Crippen LogP contribution is -2.23. The zero-order chi connectivity index (χ0) is 9.52. The molecule has 1 rings (SSSR count). The predicted octanol–water partition coefficient (Wildman–Crippen LogP) is 2.56. The zero-order valence-corrected chi connectivity index (χ0v) is 9.63. The zero-order valence-electron chi connectivity index (χ0n) is 8.04. The first-order valence-electron chi connectivity index (χ1n) is 4.61. The molecule has 13 heavy (non-hydrogen) atoms. The van der Waals surface area contributed by atoms with Gasteiger partial charge in [-0.1, -0.05) is 46.3 Å². The summed E-state index contributed by atoms with van der Waals surface area (Å²) < 4.78 is 0. The van der Waals surface area contributed by atoms with E-state index in [4.69, 9.17) is 0 Å². The summed E-state index contributed by atoms with van der Waals surface area (Å²) in [7, 11) is 2.16. The van der Waals surface area contributed by atoms with E-state index in [2.05, 4.69) is 58.2 Å². The van der Waals surface area contributed by atoms with Gasteiger partial charge in [-0.2, -0.15) is 0 Å². The average molecular weight is 242 g/mol. The van der Waals surface area contributed by atoms with E-state index in [1.807, 2.05) is 0 Å². The van der Waals surface area contributed by atoms with Gasteiger partial charge >= 0.3 is 0 Å². The van der Waals surface area contributed by atoms with Gasteiger partial charge in [0, 0.05) is 18.4 Å². The Morgan fingerprint density at radius 3 is 2.46 bits per heavy atom. The van der Waals surface area contributed by atoms with Crippen molar-refractivity contribution in [2.45, 2.75) is 6.42 Å². The molecule has 72 valence electrons. The van der Waals surface area contributed by atoms with E-state index < -0.39 is 0 Å². The minimum absolute atomic E-state index is 1.05. The molecule has 0 saturated heterocycles. The number of likely N-dealkylation sites (N-methyl/N-ethyl adjacent to an activating group) is 1. The second-order valence-corrected chi connectivity index (χ2v) is 4.02. The number of benzene rings is 1. The molecule has 1 nitrogen and oxygen atoms in total. The lowest BCUT2D eigenvalue weighted by atomic mass is 10.1. The Morgan fingerprint density at radius 1 is 1.15 bits per heavy atom. The van der Waals surface area contributed by atoms with Crippen LogP contribution in [0.1, 0.15) is 5.56 Å². The predicted molar refractivity (Wildman–Crippen MR) is 61.4 cm³/mol. The van der Waals surface area contributed by atoms with E-state index in [-0.39, 0.29) is 0 Å². The van der Waals surface area contributed by atoms with E-state index >= 15 is 0 Å². The molecule has 0 radical (unpaired) electrons. The minimum Gasteiger partial charge on any atom is -0.305 e.